The Morgan fingerprint density at radius 1 is 1.05 bits per heavy atom. The van der Waals surface area contributed by atoms with E-state index in [1.165, 1.54) is 0 Å². The van der Waals surface area contributed by atoms with Crippen LogP contribution >= 0.6 is 11.6 Å². The Bertz CT molecular complexity index is 647. The van der Waals surface area contributed by atoms with E-state index in [-0.39, 0.29) is 5.84 Å². The first-order chi connectivity index (χ1) is 10.2. The number of hydrogen-bond acceptors (Lipinski definition) is 3. The highest BCUT2D eigenvalue weighted by Crippen LogP contribution is 2.36. The lowest BCUT2D eigenvalue weighted by molar-refractivity contribution is -0.0654. The maximum Gasteiger partial charge on any atom is 0.156 e. The molecule has 0 spiro atoms. The highest BCUT2D eigenvalue weighted by atomic mass is 35.5. The molecular weight excluding hydrogens is 286 g/mol. The quantitative estimate of drug-likeness (QED) is 0.884. The second kappa shape index (κ2) is 5.76. The van der Waals surface area contributed by atoms with Gasteiger partial charge in [-0.15, -0.1) is 0 Å². The Hall–Kier alpha value is -2.04. The molecule has 1 fully saturated rings. The first-order valence-electron chi connectivity index (χ1n) is 6.80. The third-order valence-electron chi connectivity index (χ3n) is 3.66. The molecule has 21 heavy (non-hydrogen) atoms. The van der Waals surface area contributed by atoms with Crippen LogP contribution in [-0.2, 0) is 0 Å². The molecule has 0 amide bonds. The Labute approximate surface area is 128 Å². The topological polar surface area (TPSA) is 50.6 Å². The van der Waals surface area contributed by atoms with Crippen molar-refractivity contribution < 1.29 is 5.21 Å². The summed E-state index contributed by atoms with van der Waals surface area (Å²) in [5.74, 6) is 0.201. The van der Waals surface area contributed by atoms with Gasteiger partial charge in [-0.3, -0.25) is 10.6 Å². The molecule has 0 aromatic heterocycles. The van der Waals surface area contributed by atoms with Gasteiger partial charge in [0.1, 0.15) is 5.84 Å². The van der Waals surface area contributed by atoms with Crippen LogP contribution in [0.5, 0.6) is 0 Å². The van der Waals surface area contributed by atoms with E-state index >= 15 is 0 Å². The van der Waals surface area contributed by atoms with Gasteiger partial charge in [0, 0.05) is 29.2 Å². The number of benzene rings is 2. The SMILES string of the molecule is N=C1CCN(c2ccccc2)C(c2ccccc2Cl)N1O. The van der Waals surface area contributed by atoms with Crippen LogP contribution in [-0.4, -0.2) is 22.7 Å². The minimum atomic E-state index is -0.484. The minimum absolute atomic E-state index is 0.201. The average molecular weight is 302 g/mol. The normalized spacial score (nSPS) is 19.0. The zero-order chi connectivity index (χ0) is 14.8. The third kappa shape index (κ3) is 2.60. The van der Waals surface area contributed by atoms with Gasteiger partial charge in [-0.05, 0) is 18.2 Å². The molecule has 2 N–H and O–H groups in total. The Morgan fingerprint density at radius 2 is 1.71 bits per heavy atom. The zero-order valence-electron chi connectivity index (χ0n) is 11.4. The summed E-state index contributed by atoms with van der Waals surface area (Å²) in [5.41, 5.74) is 1.78. The predicted octanol–water partition coefficient (Wildman–Crippen LogP) is 3.92. The van der Waals surface area contributed by atoms with Gasteiger partial charge < -0.3 is 4.90 Å². The fourth-order valence-corrected chi connectivity index (χ4v) is 2.85. The molecule has 1 saturated heterocycles. The number of para-hydroxylation sites is 1. The Kier molecular flexibility index (Phi) is 3.82. The van der Waals surface area contributed by atoms with E-state index in [4.69, 9.17) is 17.0 Å². The summed E-state index contributed by atoms with van der Waals surface area (Å²) in [5, 5.41) is 19.8. The molecule has 2 aromatic rings. The van der Waals surface area contributed by atoms with Crippen LogP contribution in [0.3, 0.4) is 0 Å². The molecule has 0 bridgehead atoms. The van der Waals surface area contributed by atoms with Gasteiger partial charge in [-0.1, -0.05) is 48.0 Å². The summed E-state index contributed by atoms with van der Waals surface area (Å²) in [6, 6.07) is 17.3. The second-order valence-corrected chi connectivity index (χ2v) is 5.37. The van der Waals surface area contributed by atoms with Gasteiger partial charge in [0.15, 0.2) is 6.17 Å². The minimum Gasteiger partial charge on any atom is -0.345 e. The monoisotopic (exact) mass is 301 g/mol. The van der Waals surface area contributed by atoms with Crippen LogP contribution in [0.2, 0.25) is 5.02 Å². The number of nitrogens with zero attached hydrogens (tertiary/aromatic N) is 2. The molecule has 3 rings (SSSR count). The standard InChI is InChI=1S/C16H16ClN3O/c17-14-9-5-4-8-13(14)16-19(11-10-15(18)20(16)21)12-6-2-1-3-7-12/h1-9,16,18,21H,10-11H2. The lowest BCUT2D eigenvalue weighted by atomic mass is 10.1. The number of rotatable bonds is 2. The molecule has 1 heterocycles. The highest BCUT2D eigenvalue weighted by molar-refractivity contribution is 6.31. The van der Waals surface area contributed by atoms with E-state index in [0.29, 0.717) is 18.0 Å². The number of hydrogen-bond donors (Lipinski definition) is 2. The van der Waals surface area contributed by atoms with Gasteiger partial charge in [0.25, 0.3) is 0 Å². The summed E-state index contributed by atoms with van der Waals surface area (Å²) in [6.07, 6.45) is 0.00847. The van der Waals surface area contributed by atoms with E-state index in [9.17, 15) is 5.21 Å². The maximum absolute atomic E-state index is 10.4. The van der Waals surface area contributed by atoms with E-state index in [2.05, 4.69) is 4.90 Å². The summed E-state index contributed by atoms with van der Waals surface area (Å²) >= 11 is 6.29. The molecule has 5 heteroatoms. The van der Waals surface area contributed by atoms with Gasteiger partial charge in [-0.2, -0.15) is 0 Å². The van der Waals surface area contributed by atoms with Gasteiger partial charge >= 0.3 is 0 Å². The average Bonchev–Trinajstić information content (AvgIpc) is 2.52. The van der Waals surface area contributed by atoms with Crippen molar-refractivity contribution in [2.24, 2.45) is 0 Å². The summed E-state index contributed by atoms with van der Waals surface area (Å²) < 4.78 is 0. The third-order valence-corrected chi connectivity index (χ3v) is 4.01. The molecule has 1 aliphatic heterocycles. The van der Waals surface area contributed by atoms with Crippen LogP contribution < -0.4 is 4.90 Å². The number of amidine groups is 1. The van der Waals surface area contributed by atoms with Crippen molar-refractivity contribution in [1.29, 1.82) is 5.41 Å². The predicted molar refractivity (Wildman–Crippen MR) is 84.0 cm³/mol. The molecule has 1 unspecified atom stereocenters. The first kappa shape index (κ1) is 13.9. The summed E-state index contributed by atoms with van der Waals surface area (Å²) in [7, 11) is 0. The number of halogens is 1. The van der Waals surface area contributed by atoms with Crippen LogP contribution in [0.25, 0.3) is 0 Å². The van der Waals surface area contributed by atoms with Crippen molar-refractivity contribution in [1.82, 2.24) is 5.06 Å². The van der Waals surface area contributed by atoms with E-state index in [1.807, 2.05) is 48.5 Å². The highest BCUT2D eigenvalue weighted by Gasteiger charge is 2.33. The second-order valence-electron chi connectivity index (χ2n) is 4.97. The van der Waals surface area contributed by atoms with Crippen molar-refractivity contribution in [3.05, 3.63) is 65.2 Å². The first-order valence-corrected chi connectivity index (χ1v) is 7.18. The molecule has 0 saturated carbocycles. The van der Waals surface area contributed by atoms with Gasteiger partial charge in [0.2, 0.25) is 0 Å². The van der Waals surface area contributed by atoms with Crippen LogP contribution in [0.15, 0.2) is 54.6 Å². The molecule has 2 aromatic carbocycles. The summed E-state index contributed by atoms with van der Waals surface area (Å²) in [4.78, 5) is 2.05. The van der Waals surface area contributed by atoms with Gasteiger partial charge in [0.05, 0.1) is 0 Å². The number of nitrogens with one attached hydrogen (secondary N) is 1. The van der Waals surface area contributed by atoms with Crippen LogP contribution in [0.4, 0.5) is 5.69 Å². The molecule has 0 radical (unpaired) electrons. The van der Waals surface area contributed by atoms with E-state index < -0.39 is 6.17 Å². The Morgan fingerprint density at radius 3 is 2.43 bits per heavy atom. The summed E-state index contributed by atoms with van der Waals surface area (Å²) in [6.45, 7) is 0.662. The smallest absolute Gasteiger partial charge is 0.156 e. The van der Waals surface area contributed by atoms with Crippen molar-refractivity contribution in [3.8, 4) is 0 Å². The Balaban J connectivity index is 2.06. The van der Waals surface area contributed by atoms with E-state index in [1.54, 1.807) is 6.07 Å². The van der Waals surface area contributed by atoms with Gasteiger partial charge in [-0.25, -0.2) is 5.06 Å². The van der Waals surface area contributed by atoms with Crippen LogP contribution in [0, 0.1) is 5.41 Å². The maximum atomic E-state index is 10.4. The number of hydroxylamine groups is 2. The molecule has 1 atom stereocenters. The lowest BCUT2D eigenvalue weighted by Gasteiger charge is -2.43. The zero-order valence-corrected chi connectivity index (χ0v) is 12.2. The van der Waals surface area contributed by atoms with E-state index in [0.717, 1.165) is 16.3 Å². The molecular formula is C16H16ClN3O. The largest absolute Gasteiger partial charge is 0.345 e. The molecule has 1 aliphatic rings. The number of anilines is 1. The molecule has 4 nitrogen and oxygen atoms in total. The molecule has 0 aliphatic carbocycles. The van der Waals surface area contributed by atoms with Crippen LogP contribution in [0.1, 0.15) is 18.2 Å². The van der Waals surface area contributed by atoms with Crippen molar-refractivity contribution in [2.45, 2.75) is 12.6 Å². The fraction of sp³-hybridized carbons (Fsp3) is 0.188. The fourth-order valence-electron chi connectivity index (χ4n) is 2.62. The van der Waals surface area contributed by atoms with Crippen molar-refractivity contribution >= 4 is 23.1 Å². The van der Waals surface area contributed by atoms with Crippen molar-refractivity contribution in [2.75, 3.05) is 11.4 Å². The lowest BCUT2D eigenvalue weighted by Crippen LogP contribution is -2.49. The molecule has 108 valence electrons. The van der Waals surface area contributed by atoms with Crippen molar-refractivity contribution in [3.63, 3.8) is 0 Å².